The van der Waals surface area contributed by atoms with Crippen molar-refractivity contribution in [3.8, 4) is 5.75 Å². The zero-order valence-corrected chi connectivity index (χ0v) is 12.1. The molecule has 3 aromatic rings. The Morgan fingerprint density at radius 2 is 1.80 bits per heavy atom. The number of hydrogen-bond donors (Lipinski definition) is 0. The molecule has 0 saturated heterocycles. The number of benzene rings is 2. The van der Waals surface area contributed by atoms with Gasteiger partial charge in [0, 0.05) is 10.6 Å². The molecule has 4 nitrogen and oxygen atoms in total. The SMILES string of the molecule is COc1ccc(CSc2ccc(C)c3nonc23)cc1. The van der Waals surface area contributed by atoms with E-state index in [1.807, 2.05) is 25.1 Å². The monoisotopic (exact) mass is 286 g/mol. The molecular formula is C15H14N2O2S. The molecule has 0 aliphatic rings. The van der Waals surface area contributed by atoms with E-state index in [1.165, 1.54) is 5.56 Å². The van der Waals surface area contributed by atoms with Crippen molar-refractivity contribution in [3.05, 3.63) is 47.5 Å². The van der Waals surface area contributed by atoms with Gasteiger partial charge in [-0.2, -0.15) is 0 Å². The summed E-state index contributed by atoms with van der Waals surface area (Å²) in [7, 11) is 1.67. The standard InChI is InChI=1S/C15H14N2O2S/c1-10-3-8-13(15-14(10)16-19-17-15)20-9-11-4-6-12(18-2)7-5-11/h3-8H,9H2,1-2H3. The maximum absolute atomic E-state index is 5.15. The molecule has 20 heavy (non-hydrogen) atoms. The first-order valence-corrected chi connectivity index (χ1v) is 7.24. The van der Waals surface area contributed by atoms with Crippen molar-refractivity contribution in [2.45, 2.75) is 17.6 Å². The molecule has 5 heteroatoms. The van der Waals surface area contributed by atoms with Crippen molar-refractivity contribution in [2.75, 3.05) is 7.11 Å². The molecule has 0 N–H and O–H groups in total. The van der Waals surface area contributed by atoms with Crippen LogP contribution in [0.1, 0.15) is 11.1 Å². The van der Waals surface area contributed by atoms with Gasteiger partial charge in [0.2, 0.25) is 0 Å². The van der Waals surface area contributed by atoms with Gasteiger partial charge in [-0.05, 0) is 46.6 Å². The molecular weight excluding hydrogens is 272 g/mol. The molecule has 1 heterocycles. The van der Waals surface area contributed by atoms with Gasteiger partial charge in [0.25, 0.3) is 0 Å². The molecule has 2 aromatic carbocycles. The van der Waals surface area contributed by atoms with Crippen LogP contribution in [0.2, 0.25) is 0 Å². The lowest BCUT2D eigenvalue weighted by Crippen LogP contribution is -1.85. The Morgan fingerprint density at radius 3 is 2.55 bits per heavy atom. The summed E-state index contributed by atoms with van der Waals surface area (Å²) in [5.41, 5.74) is 3.99. The lowest BCUT2D eigenvalue weighted by molar-refractivity contribution is 0.315. The number of rotatable bonds is 4. The Hall–Kier alpha value is -2.01. The zero-order valence-electron chi connectivity index (χ0n) is 11.3. The van der Waals surface area contributed by atoms with Crippen LogP contribution in [-0.2, 0) is 5.75 Å². The highest BCUT2D eigenvalue weighted by atomic mass is 32.2. The molecule has 0 spiro atoms. The fraction of sp³-hybridized carbons (Fsp3) is 0.200. The normalized spacial score (nSPS) is 10.9. The summed E-state index contributed by atoms with van der Waals surface area (Å²) in [6, 6.07) is 12.2. The summed E-state index contributed by atoms with van der Waals surface area (Å²) in [6.45, 7) is 2.00. The zero-order chi connectivity index (χ0) is 13.9. The van der Waals surface area contributed by atoms with E-state index in [2.05, 4.69) is 28.5 Å². The van der Waals surface area contributed by atoms with Crippen LogP contribution in [0.5, 0.6) is 5.75 Å². The van der Waals surface area contributed by atoms with E-state index in [9.17, 15) is 0 Å². The van der Waals surface area contributed by atoms with E-state index in [0.29, 0.717) is 0 Å². The lowest BCUT2D eigenvalue weighted by Gasteiger charge is -2.04. The van der Waals surface area contributed by atoms with Gasteiger partial charge in [-0.25, -0.2) is 4.63 Å². The second-order valence-corrected chi connectivity index (χ2v) is 5.50. The molecule has 1 aromatic heterocycles. The van der Waals surface area contributed by atoms with Gasteiger partial charge < -0.3 is 4.74 Å². The minimum Gasteiger partial charge on any atom is -0.497 e. The molecule has 102 valence electrons. The van der Waals surface area contributed by atoms with Crippen molar-refractivity contribution in [1.29, 1.82) is 0 Å². The van der Waals surface area contributed by atoms with Gasteiger partial charge in [0.15, 0.2) is 0 Å². The van der Waals surface area contributed by atoms with Crippen molar-refractivity contribution < 1.29 is 9.37 Å². The van der Waals surface area contributed by atoms with Gasteiger partial charge in [0.05, 0.1) is 7.11 Å². The highest BCUT2D eigenvalue weighted by Crippen LogP contribution is 2.30. The highest BCUT2D eigenvalue weighted by Gasteiger charge is 2.09. The Labute approximate surface area is 121 Å². The largest absolute Gasteiger partial charge is 0.497 e. The number of aryl methyl sites for hydroxylation is 1. The number of hydrogen-bond acceptors (Lipinski definition) is 5. The predicted octanol–water partition coefficient (Wildman–Crippen LogP) is 3.83. The van der Waals surface area contributed by atoms with Crippen LogP contribution in [-0.4, -0.2) is 17.4 Å². The van der Waals surface area contributed by atoms with Crippen LogP contribution < -0.4 is 4.74 Å². The summed E-state index contributed by atoms with van der Waals surface area (Å²) < 4.78 is 9.99. The van der Waals surface area contributed by atoms with Crippen LogP contribution in [0.3, 0.4) is 0 Å². The van der Waals surface area contributed by atoms with Crippen LogP contribution in [0.25, 0.3) is 11.0 Å². The van der Waals surface area contributed by atoms with E-state index in [1.54, 1.807) is 18.9 Å². The molecule has 0 amide bonds. The first kappa shape index (κ1) is 13.0. The number of methoxy groups -OCH3 is 1. The maximum Gasteiger partial charge on any atom is 0.149 e. The van der Waals surface area contributed by atoms with E-state index in [0.717, 1.165) is 33.0 Å². The molecule has 0 fully saturated rings. The van der Waals surface area contributed by atoms with Crippen molar-refractivity contribution in [3.63, 3.8) is 0 Å². The lowest BCUT2D eigenvalue weighted by atomic mass is 10.2. The van der Waals surface area contributed by atoms with Crippen molar-refractivity contribution in [1.82, 2.24) is 10.3 Å². The predicted molar refractivity (Wildman–Crippen MR) is 79.1 cm³/mol. The van der Waals surface area contributed by atoms with Gasteiger partial charge in [-0.15, -0.1) is 11.8 Å². The smallest absolute Gasteiger partial charge is 0.149 e. The fourth-order valence-electron chi connectivity index (χ4n) is 1.97. The van der Waals surface area contributed by atoms with E-state index >= 15 is 0 Å². The number of nitrogens with zero attached hydrogens (tertiary/aromatic N) is 2. The van der Waals surface area contributed by atoms with Crippen molar-refractivity contribution >= 4 is 22.8 Å². The fourth-order valence-corrected chi connectivity index (χ4v) is 2.92. The molecule has 0 radical (unpaired) electrons. The third kappa shape index (κ3) is 2.49. The summed E-state index contributed by atoms with van der Waals surface area (Å²) >= 11 is 1.73. The minimum atomic E-state index is 0.837. The highest BCUT2D eigenvalue weighted by molar-refractivity contribution is 7.98. The van der Waals surface area contributed by atoms with E-state index in [4.69, 9.17) is 9.37 Å². The van der Waals surface area contributed by atoms with Gasteiger partial charge in [0.1, 0.15) is 16.8 Å². The van der Waals surface area contributed by atoms with Crippen molar-refractivity contribution in [2.24, 2.45) is 0 Å². The second-order valence-electron chi connectivity index (χ2n) is 4.48. The molecule has 3 rings (SSSR count). The number of ether oxygens (including phenoxy) is 1. The maximum atomic E-state index is 5.15. The number of fused-ring (bicyclic) bond motifs is 1. The minimum absolute atomic E-state index is 0.837. The quantitative estimate of drug-likeness (QED) is 0.682. The second kappa shape index (κ2) is 5.54. The average Bonchev–Trinajstić information content (AvgIpc) is 2.98. The van der Waals surface area contributed by atoms with Crippen LogP contribution >= 0.6 is 11.8 Å². The summed E-state index contributed by atoms with van der Waals surface area (Å²) in [5, 5.41) is 7.93. The molecule has 0 aliphatic carbocycles. The molecule has 0 unspecified atom stereocenters. The van der Waals surface area contributed by atoms with Crippen LogP contribution in [0.4, 0.5) is 0 Å². The summed E-state index contributed by atoms with van der Waals surface area (Å²) in [5.74, 6) is 1.74. The summed E-state index contributed by atoms with van der Waals surface area (Å²) in [6.07, 6.45) is 0. The third-order valence-corrected chi connectivity index (χ3v) is 4.25. The van der Waals surface area contributed by atoms with E-state index in [-0.39, 0.29) is 0 Å². The third-order valence-electron chi connectivity index (χ3n) is 3.13. The first-order chi connectivity index (χ1) is 9.78. The molecule has 0 atom stereocenters. The Balaban J connectivity index is 1.79. The molecule has 0 saturated carbocycles. The number of thioether (sulfide) groups is 1. The first-order valence-electron chi connectivity index (χ1n) is 6.25. The van der Waals surface area contributed by atoms with Gasteiger partial charge >= 0.3 is 0 Å². The molecule has 0 aliphatic heterocycles. The topological polar surface area (TPSA) is 48.2 Å². The van der Waals surface area contributed by atoms with Gasteiger partial charge in [-0.3, -0.25) is 0 Å². The number of aromatic nitrogens is 2. The Bertz CT molecular complexity index is 722. The summed E-state index contributed by atoms with van der Waals surface area (Å²) in [4.78, 5) is 1.09. The average molecular weight is 286 g/mol. The van der Waals surface area contributed by atoms with Crippen LogP contribution in [0.15, 0.2) is 45.9 Å². The Kier molecular flexibility index (Phi) is 3.60. The van der Waals surface area contributed by atoms with E-state index < -0.39 is 0 Å². The van der Waals surface area contributed by atoms with Gasteiger partial charge in [-0.1, -0.05) is 18.2 Å². The van der Waals surface area contributed by atoms with Crippen LogP contribution in [0, 0.1) is 6.92 Å². The molecule has 0 bridgehead atoms. The Morgan fingerprint density at radius 1 is 1.05 bits per heavy atom.